The molecule has 3 heterocycles. The van der Waals surface area contributed by atoms with Gasteiger partial charge in [0.15, 0.2) is 5.11 Å². The second kappa shape index (κ2) is 8.26. The molecule has 10 heteroatoms. The van der Waals surface area contributed by atoms with Gasteiger partial charge in [0.05, 0.1) is 22.5 Å². The van der Waals surface area contributed by atoms with Gasteiger partial charge < -0.3 is 15.5 Å². The summed E-state index contributed by atoms with van der Waals surface area (Å²) in [5, 5.41) is 6.38. The molecule has 1 fully saturated rings. The van der Waals surface area contributed by atoms with Crippen LogP contribution in [0, 0.1) is 0 Å². The lowest BCUT2D eigenvalue weighted by atomic mass is 10.1. The Kier molecular flexibility index (Phi) is 6.01. The van der Waals surface area contributed by atoms with E-state index < -0.39 is 16.8 Å². The maximum atomic E-state index is 13.0. The molecule has 0 saturated carbocycles. The van der Waals surface area contributed by atoms with Gasteiger partial charge in [0, 0.05) is 31.5 Å². The van der Waals surface area contributed by atoms with E-state index in [4.69, 9.17) is 23.8 Å². The summed E-state index contributed by atoms with van der Waals surface area (Å²) in [6.07, 6.45) is 1.34. The maximum Gasteiger partial charge on any atom is 0.418 e. The van der Waals surface area contributed by atoms with E-state index in [0.29, 0.717) is 18.2 Å². The third-order valence-electron chi connectivity index (χ3n) is 4.22. The zero-order chi connectivity index (χ0) is 19.4. The lowest BCUT2D eigenvalue weighted by molar-refractivity contribution is -0.137. The van der Waals surface area contributed by atoms with E-state index in [1.807, 2.05) is 11.0 Å². The number of halogens is 4. The minimum Gasteiger partial charge on any atom is -0.360 e. The molecule has 1 aliphatic heterocycles. The van der Waals surface area contributed by atoms with Crippen molar-refractivity contribution in [1.82, 2.24) is 15.3 Å². The molecule has 5 nitrogen and oxygen atoms in total. The second-order valence-electron chi connectivity index (χ2n) is 6.12. The standard InChI is InChI=1S/C17H17ClF3N5S/c18-14-10-23-15(8-13(14)17(19,20)21)26-6-3-11(4-7-26)24-16(27)25-12-2-1-5-22-9-12/h1-2,5,8-11H,3-4,6-7H2,(H2,24,25,27). The summed E-state index contributed by atoms with van der Waals surface area (Å²) in [7, 11) is 0. The molecule has 2 aromatic rings. The summed E-state index contributed by atoms with van der Waals surface area (Å²) < 4.78 is 39.0. The van der Waals surface area contributed by atoms with Gasteiger partial charge in [-0.25, -0.2) is 4.98 Å². The molecule has 2 N–H and O–H groups in total. The molecule has 1 aliphatic rings. The van der Waals surface area contributed by atoms with Gasteiger partial charge in [0.2, 0.25) is 0 Å². The van der Waals surface area contributed by atoms with Crippen LogP contribution >= 0.6 is 23.8 Å². The van der Waals surface area contributed by atoms with E-state index in [9.17, 15) is 13.2 Å². The van der Waals surface area contributed by atoms with Gasteiger partial charge in [-0.15, -0.1) is 0 Å². The Hall–Kier alpha value is -2.13. The SMILES string of the molecule is FC(F)(F)c1cc(N2CCC(NC(=S)Nc3cccnc3)CC2)ncc1Cl. The predicted octanol–water partition coefficient (Wildman–Crippen LogP) is 4.10. The number of nitrogens with one attached hydrogen (secondary N) is 2. The molecule has 3 rings (SSSR count). The van der Waals surface area contributed by atoms with Gasteiger partial charge in [0.25, 0.3) is 0 Å². The number of thiocarbonyl (C=S) groups is 1. The van der Waals surface area contributed by atoms with Crippen LogP contribution in [-0.4, -0.2) is 34.2 Å². The molecule has 0 aliphatic carbocycles. The van der Waals surface area contributed by atoms with Gasteiger partial charge in [-0.3, -0.25) is 4.98 Å². The summed E-state index contributed by atoms with van der Waals surface area (Å²) in [6.45, 7) is 1.14. The van der Waals surface area contributed by atoms with Gasteiger partial charge in [-0.1, -0.05) is 11.6 Å². The highest BCUT2D eigenvalue weighted by atomic mass is 35.5. The third kappa shape index (κ3) is 5.20. The van der Waals surface area contributed by atoms with Crippen LogP contribution in [0.15, 0.2) is 36.8 Å². The summed E-state index contributed by atoms with van der Waals surface area (Å²) in [5.74, 6) is 0.279. The number of rotatable bonds is 3. The maximum absolute atomic E-state index is 13.0. The first kappa shape index (κ1) is 19.6. The normalized spacial score (nSPS) is 15.5. The first-order valence-corrected chi connectivity index (χ1v) is 9.07. The lowest BCUT2D eigenvalue weighted by Gasteiger charge is -2.34. The average molecular weight is 416 g/mol. The van der Waals surface area contributed by atoms with Crippen LogP contribution in [0.3, 0.4) is 0 Å². The zero-order valence-electron chi connectivity index (χ0n) is 14.1. The van der Waals surface area contributed by atoms with Crippen molar-refractivity contribution in [3.63, 3.8) is 0 Å². The number of anilines is 2. The van der Waals surface area contributed by atoms with Crippen molar-refractivity contribution < 1.29 is 13.2 Å². The van der Waals surface area contributed by atoms with Crippen LogP contribution in [0.4, 0.5) is 24.7 Å². The number of alkyl halides is 3. The molecule has 0 atom stereocenters. The molecule has 0 amide bonds. The van der Waals surface area contributed by atoms with Crippen LogP contribution in [-0.2, 0) is 6.18 Å². The number of hydrogen-bond acceptors (Lipinski definition) is 4. The molecule has 0 unspecified atom stereocenters. The van der Waals surface area contributed by atoms with Gasteiger partial charge >= 0.3 is 6.18 Å². The van der Waals surface area contributed by atoms with Gasteiger partial charge in [-0.2, -0.15) is 13.2 Å². The Balaban J connectivity index is 1.55. The van der Waals surface area contributed by atoms with Crippen LogP contribution in [0.5, 0.6) is 0 Å². The summed E-state index contributed by atoms with van der Waals surface area (Å²) in [5.41, 5.74) is -0.0752. The molecular formula is C17H17ClF3N5S. The Bertz CT molecular complexity index is 795. The highest BCUT2D eigenvalue weighted by Gasteiger charge is 2.34. The third-order valence-corrected chi connectivity index (χ3v) is 4.74. The molecular weight excluding hydrogens is 399 g/mol. The predicted molar refractivity (Wildman–Crippen MR) is 103 cm³/mol. The smallest absolute Gasteiger partial charge is 0.360 e. The van der Waals surface area contributed by atoms with E-state index >= 15 is 0 Å². The monoisotopic (exact) mass is 415 g/mol. The highest BCUT2D eigenvalue weighted by molar-refractivity contribution is 7.80. The summed E-state index contributed by atoms with van der Waals surface area (Å²) in [4.78, 5) is 9.87. The van der Waals surface area contributed by atoms with Crippen molar-refractivity contribution in [1.29, 1.82) is 0 Å². The van der Waals surface area contributed by atoms with Crippen LogP contribution < -0.4 is 15.5 Å². The average Bonchev–Trinajstić information content (AvgIpc) is 2.62. The highest BCUT2D eigenvalue weighted by Crippen LogP contribution is 2.36. The molecule has 0 radical (unpaired) electrons. The minimum atomic E-state index is -4.50. The summed E-state index contributed by atoms with van der Waals surface area (Å²) in [6, 6.07) is 4.79. The molecule has 1 saturated heterocycles. The molecule has 2 aromatic heterocycles. The Morgan fingerprint density at radius 3 is 2.63 bits per heavy atom. The second-order valence-corrected chi connectivity index (χ2v) is 6.94. The first-order chi connectivity index (χ1) is 12.8. The Labute approximate surface area is 164 Å². The Morgan fingerprint density at radius 2 is 2.00 bits per heavy atom. The quantitative estimate of drug-likeness (QED) is 0.736. The number of piperidine rings is 1. The molecule has 0 aromatic carbocycles. The largest absolute Gasteiger partial charge is 0.418 e. The number of pyridine rings is 2. The van der Waals surface area contributed by atoms with E-state index in [0.717, 1.165) is 30.8 Å². The molecule has 27 heavy (non-hydrogen) atoms. The lowest BCUT2D eigenvalue weighted by Crippen LogP contribution is -2.46. The molecule has 0 bridgehead atoms. The minimum absolute atomic E-state index is 0.132. The fourth-order valence-electron chi connectivity index (χ4n) is 2.86. The fraction of sp³-hybridized carbons (Fsp3) is 0.353. The molecule has 144 valence electrons. The van der Waals surface area contributed by atoms with Crippen LogP contribution in [0.25, 0.3) is 0 Å². The van der Waals surface area contributed by atoms with Crippen molar-refractivity contribution in [3.05, 3.63) is 47.4 Å². The number of hydrogen-bond donors (Lipinski definition) is 2. The number of aromatic nitrogens is 2. The Morgan fingerprint density at radius 1 is 1.26 bits per heavy atom. The van der Waals surface area contributed by atoms with Gasteiger partial charge in [-0.05, 0) is 43.3 Å². The van der Waals surface area contributed by atoms with E-state index in [1.54, 1.807) is 18.5 Å². The van der Waals surface area contributed by atoms with Crippen molar-refractivity contribution >= 4 is 40.4 Å². The van der Waals surface area contributed by atoms with E-state index in [2.05, 4.69) is 20.6 Å². The van der Waals surface area contributed by atoms with E-state index in [-0.39, 0.29) is 11.9 Å². The van der Waals surface area contributed by atoms with Crippen molar-refractivity contribution in [2.24, 2.45) is 0 Å². The molecule has 0 spiro atoms. The zero-order valence-corrected chi connectivity index (χ0v) is 15.7. The van der Waals surface area contributed by atoms with Crippen molar-refractivity contribution in [3.8, 4) is 0 Å². The topological polar surface area (TPSA) is 53.1 Å². The van der Waals surface area contributed by atoms with Crippen LogP contribution in [0.1, 0.15) is 18.4 Å². The fourth-order valence-corrected chi connectivity index (χ4v) is 3.36. The number of nitrogens with zero attached hydrogens (tertiary/aromatic N) is 3. The van der Waals surface area contributed by atoms with Crippen molar-refractivity contribution in [2.75, 3.05) is 23.3 Å². The van der Waals surface area contributed by atoms with E-state index in [1.165, 1.54) is 0 Å². The van der Waals surface area contributed by atoms with Crippen molar-refractivity contribution in [2.45, 2.75) is 25.1 Å². The first-order valence-electron chi connectivity index (χ1n) is 8.28. The van der Waals surface area contributed by atoms with Crippen LogP contribution in [0.2, 0.25) is 5.02 Å². The van der Waals surface area contributed by atoms with Gasteiger partial charge in [0.1, 0.15) is 5.82 Å². The summed E-state index contributed by atoms with van der Waals surface area (Å²) >= 11 is 10.9.